The van der Waals surface area contributed by atoms with Crippen molar-refractivity contribution in [3.8, 4) is 22.1 Å². The Kier molecular flexibility index (Phi) is 3.60. The first kappa shape index (κ1) is 14.0. The van der Waals surface area contributed by atoms with Crippen molar-refractivity contribution in [2.45, 2.75) is 0 Å². The molecule has 7 heteroatoms. The molecule has 0 bridgehead atoms. The van der Waals surface area contributed by atoms with Crippen molar-refractivity contribution >= 4 is 33.2 Å². The van der Waals surface area contributed by atoms with Gasteiger partial charge < -0.3 is 9.52 Å². The van der Waals surface area contributed by atoms with Crippen LogP contribution in [0.4, 0.5) is 4.39 Å². The van der Waals surface area contributed by atoms with Gasteiger partial charge in [-0.15, -0.1) is 11.3 Å². The van der Waals surface area contributed by atoms with Crippen LogP contribution in [-0.4, -0.2) is 16.1 Å². The van der Waals surface area contributed by atoms with E-state index in [4.69, 9.17) is 4.42 Å². The highest BCUT2D eigenvalue weighted by Gasteiger charge is 2.24. The highest BCUT2D eigenvalue weighted by molar-refractivity contribution is 9.10. The highest BCUT2D eigenvalue weighted by Crippen LogP contribution is 2.34. The summed E-state index contributed by atoms with van der Waals surface area (Å²) in [5, 5.41) is 11.1. The van der Waals surface area contributed by atoms with Gasteiger partial charge in [0.05, 0.1) is 10.4 Å². The number of carboxylic acid groups (broad SMARTS) is 1. The summed E-state index contributed by atoms with van der Waals surface area (Å²) < 4.78 is 20.1. The molecule has 0 aliphatic rings. The van der Waals surface area contributed by atoms with Gasteiger partial charge >= 0.3 is 5.97 Å². The summed E-state index contributed by atoms with van der Waals surface area (Å²) in [6.07, 6.45) is 0. The van der Waals surface area contributed by atoms with Crippen LogP contribution in [0.2, 0.25) is 0 Å². The Balaban J connectivity index is 2.21. The molecule has 2 aromatic heterocycles. The molecule has 0 atom stereocenters. The van der Waals surface area contributed by atoms with E-state index in [2.05, 4.69) is 20.9 Å². The van der Waals surface area contributed by atoms with Crippen molar-refractivity contribution < 1.29 is 18.7 Å². The van der Waals surface area contributed by atoms with Crippen molar-refractivity contribution in [1.29, 1.82) is 0 Å². The van der Waals surface area contributed by atoms with Crippen LogP contribution < -0.4 is 0 Å². The number of aromatic carboxylic acids is 1. The van der Waals surface area contributed by atoms with E-state index in [1.165, 1.54) is 29.5 Å². The number of hydrogen-bond acceptors (Lipinski definition) is 4. The van der Waals surface area contributed by atoms with E-state index < -0.39 is 11.8 Å². The Morgan fingerprint density at radius 1 is 1.38 bits per heavy atom. The first-order valence-corrected chi connectivity index (χ1v) is 7.47. The maximum atomic E-state index is 14.0. The summed E-state index contributed by atoms with van der Waals surface area (Å²) >= 11 is 4.59. The number of rotatable bonds is 3. The van der Waals surface area contributed by atoms with Crippen LogP contribution >= 0.6 is 27.3 Å². The van der Waals surface area contributed by atoms with Gasteiger partial charge in [0.25, 0.3) is 0 Å². The van der Waals surface area contributed by atoms with E-state index in [0.717, 1.165) is 0 Å². The van der Waals surface area contributed by atoms with Gasteiger partial charge in [-0.1, -0.05) is 22.0 Å². The van der Waals surface area contributed by atoms with E-state index >= 15 is 0 Å². The van der Waals surface area contributed by atoms with Crippen LogP contribution in [-0.2, 0) is 0 Å². The Morgan fingerprint density at radius 2 is 2.19 bits per heavy atom. The second-order valence-electron chi connectivity index (χ2n) is 4.10. The minimum atomic E-state index is -1.27. The lowest BCUT2D eigenvalue weighted by molar-refractivity contribution is 0.0691. The van der Waals surface area contributed by atoms with E-state index in [1.807, 2.05) is 5.38 Å². The predicted octanol–water partition coefficient (Wildman–Crippen LogP) is 4.67. The third-order valence-electron chi connectivity index (χ3n) is 2.73. The van der Waals surface area contributed by atoms with Crippen LogP contribution in [0.25, 0.3) is 22.1 Å². The van der Waals surface area contributed by atoms with Crippen molar-refractivity contribution in [2.24, 2.45) is 0 Å². The van der Waals surface area contributed by atoms with Crippen LogP contribution in [0.5, 0.6) is 0 Å². The summed E-state index contributed by atoms with van der Waals surface area (Å²) in [7, 11) is 0. The molecule has 0 fully saturated rings. The van der Waals surface area contributed by atoms with Gasteiger partial charge in [-0.2, -0.15) is 0 Å². The molecule has 0 amide bonds. The molecule has 0 spiro atoms. The van der Waals surface area contributed by atoms with Gasteiger partial charge in [-0.05, 0) is 29.6 Å². The fraction of sp³-hybridized carbons (Fsp3) is 0. The fourth-order valence-electron chi connectivity index (χ4n) is 1.82. The predicted molar refractivity (Wildman–Crippen MR) is 79.9 cm³/mol. The topological polar surface area (TPSA) is 63.3 Å². The number of halogens is 2. The van der Waals surface area contributed by atoms with Gasteiger partial charge in [-0.25, -0.2) is 14.2 Å². The lowest BCUT2D eigenvalue weighted by Crippen LogP contribution is -1.99. The minimum Gasteiger partial charge on any atom is -0.476 e. The molecule has 0 radical (unpaired) electrons. The molecule has 1 aromatic carbocycles. The van der Waals surface area contributed by atoms with Gasteiger partial charge in [0, 0.05) is 4.47 Å². The molecule has 106 valence electrons. The summed E-state index contributed by atoms with van der Waals surface area (Å²) in [5.41, 5.74) is -0.257. The summed E-state index contributed by atoms with van der Waals surface area (Å²) in [4.78, 5) is 16.0. The summed E-state index contributed by atoms with van der Waals surface area (Å²) in [6, 6.07) is 7.77. The molecular weight excluding hydrogens is 361 g/mol. The average Bonchev–Trinajstić information content (AvgIpc) is 3.09. The number of nitrogens with zero attached hydrogens (tertiary/aromatic N) is 1. The Bertz CT molecular complexity index is 814. The van der Waals surface area contributed by atoms with Crippen LogP contribution in [0.15, 0.2) is 44.6 Å². The molecule has 0 aliphatic heterocycles. The molecule has 0 aliphatic carbocycles. The zero-order chi connectivity index (χ0) is 15.0. The number of hydrogen-bond donors (Lipinski definition) is 1. The van der Waals surface area contributed by atoms with Crippen molar-refractivity contribution in [1.82, 2.24) is 4.98 Å². The summed E-state index contributed by atoms with van der Waals surface area (Å²) in [6.45, 7) is 0. The number of benzene rings is 1. The third kappa shape index (κ3) is 2.62. The quantitative estimate of drug-likeness (QED) is 0.730. The molecule has 3 aromatic rings. The number of aromatic nitrogens is 1. The number of carbonyl (C=O) groups is 1. The molecule has 0 saturated heterocycles. The number of oxazole rings is 1. The fourth-order valence-corrected chi connectivity index (χ4v) is 2.83. The standard InChI is InChI=1S/C14H7BrFNO3S/c15-7-3-4-9(16)8(6-7)12-11(14(18)19)17-13(20-12)10-2-1-5-21-10/h1-6H,(H,18,19). The molecule has 21 heavy (non-hydrogen) atoms. The monoisotopic (exact) mass is 367 g/mol. The third-order valence-corrected chi connectivity index (χ3v) is 4.09. The first-order valence-electron chi connectivity index (χ1n) is 5.79. The van der Waals surface area contributed by atoms with Crippen molar-refractivity contribution in [3.05, 3.63) is 51.7 Å². The van der Waals surface area contributed by atoms with Gasteiger partial charge in [0.15, 0.2) is 11.5 Å². The Hall–Kier alpha value is -1.99. The first-order chi connectivity index (χ1) is 10.1. The molecule has 0 unspecified atom stereocenters. The zero-order valence-electron chi connectivity index (χ0n) is 10.3. The minimum absolute atomic E-state index is 0.0529. The SMILES string of the molecule is O=C(O)c1nc(-c2cccs2)oc1-c1cc(Br)ccc1F. The van der Waals surface area contributed by atoms with Crippen molar-refractivity contribution in [3.63, 3.8) is 0 Å². The molecule has 2 heterocycles. The van der Waals surface area contributed by atoms with Crippen molar-refractivity contribution in [2.75, 3.05) is 0 Å². The maximum absolute atomic E-state index is 14.0. The van der Waals surface area contributed by atoms with Crippen LogP contribution in [0, 0.1) is 5.82 Å². The number of thiophene rings is 1. The smallest absolute Gasteiger partial charge is 0.358 e. The molecule has 4 nitrogen and oxygen atoms in total. The van der Waals surface area contributed by atoms with Gasteiger partial charge in [-0.3, -0.25) is 0 Å². The lowest BCUT2D eigenvalue weighted by atomic mass is 10.1. The zero-order valence-corrected chi connectivity index (χ0v) is 12.7. The molecular formula is C14H7BrFNO3S. The summed E-state index contributed by atoms with van der Waals surface area (Å²) in [5.74, 6) is -1.77. The highest BCUT2D eigenvalue weighted by atomic mass is 79.9. The van der Waals surface area contributed by atoms with Gasteiger partial charge in [0.2, 0.25) is 5.89 Å². The molecule has 1 N–H and O–H groups in total. The van der Waals surface area contributed by atoms with Crippen LogP contribution in [0.1, 0.15) is 10.5 Å². The van der Waals surface area contributed by atoms with E-state index in [9.17, 15) is 14.3 Å². The number of carboxylic acids is 1. The van der Waals surface area contributed by atoms with E-state index in [-0.39, 0.29) is 22.9 Å². The normalized spacial score (nSPS) is 10.8. The second kappa shape index (κ2) is 5.42. The van der Waals surface area contributed by atoms with Crippen LogP contribution in [0.3, 0.4) is 0 Å². The molecule has 0 saturated carbocycles. The Labute approximate surface area is 131 Å². The molecule has 3 rings (SSSR count). The second-order valence-corrected chi connectivity index (χ2v) is 5.97. The largest absolute Gasteiger partial charge is 0.476 e. The van der Waals surface area contributed by atoms with E-state index in [1.54, 1.807) is 12.1 Å². The van der Waals surface area contributed by atoms with Gasteiger partial charge in [0.1, 0.15) is 5.82 Å². The maximum Gasteiger partial charge on any atom is 0.358 e. The Morgan fingerprint density at radius 3 is 2.86 bits per heavy atom. The lowest BCUT2D eigenvalue weighted by Gasteiger charge is -2.01. The van der Waals surface area contributed by atoms with E-state index in [0.29, 0.717) is 9.35 Å². The average molecular weight is 368 g/mol.